The zero-order chi connectivity index (χ0) is 18.1. The highest BCUT2D eigenvalue weighted by molar-refractivity contribution is 6.30. The maximum absolute atomic E-state index is 6.14. The van der Waals surface area contributed by atoms with Crippen LogP contribution in [-0.4, -0.2) is 48.6 Å². The minimum absolute atomic E-state index is 0.613. The number of fused-ring (bicyclic) bond motifs is 1. The van der Waals surface area contributed by atoms with Crippen molar-refractivity contribution < 1.29 is 0 Å². The Balaban J connectivity index is 1.55. The maximum atomic E-state index is 6.14. The number of halogens is 1. The highest BCUT2D eigenvalue weighted by atomic mass is 35.5. The highest BCUT2D eigenvalue weighted by Crippen LogP contribution is 2.40. The van der Waals surface area contributed by atoms with Gasteiger partial charge in [-0.15, -0.1) is 0 Å². The molecule has 5 nitrogen and oxygen atoms in total. The lowest BCUT2D eigenvalue weighted by atomic mass is 10.00. The summed E-state index contributed by atoms with van der Waals surface area (Å²) in [6.45, 7) is 3.66. The van der Waals surface area contributed by atoms with Crippen molar-refractivity contribution in [1.82, 2.24) is 14.9 Å². The number of likely N-dealkylation sites (N-methyl/N-ethyl adjacent to an activating group) is 1. The molecule has 1 saturated carbocycles. The molecule has 2 aliphatic rings. The van der Waals surface area contributed by atoms with Crippen LogP contribution in [0.1, 0.15) is 35.6 Å². The topological polar surface area (TPSA) is 44.3 Å². The zero-order valence-electron chi connectivity index (χ0n) is 15.5. The van der Waals surface area contributed by atoms with Crippen molar-refractivity contribution in [1.29, 1.82) is 0 Å². The van der Waals surface area contributed by atoms with Crippen LogP contribution in [0.15, 0.2) is 24.3 Å². The van der Waals surface area contributed by atoms with Crippen LogP contribution in [0.25, 0.3) is 0 Å². The fourth-order valence-corrected chi connectivity index (χ4v) is 3.59. The molecule has 0 amide bonds. The fourth-order valence-electron chi connectivity index (χ4n) is 3.39. The van der Waals surface area contributed by atoms with Crippen molar-refractivity contribution in [3.63, 3.8) is 0 Å². The summed E-state index contributed by atoms with van der Waals surface area (Å²) >= 11 is 6.14. The summed E-state index contributed by atoms with van der Waals surface area (Å²) < 4.78 is 0. The summed E-state index contributed by atoms with van der Waals surface area (Å²) in [6.07, 6.45) is 3.49. The Bertz CT molecular complexity index is 788. The van der Waals surface area contributed by atoms with Crippen molar-refractivity contribution in [2.24, 2.45) is 0 Å². The molecule has 0 spiro atoms. The lowest BCUT2D eigenvalue weighted by Crippen LogP contribution is -2.31. The normalized spacial score (nSPS) is 16.7. The van der Waals surface area contributed by atoms with Crippen LogP contribution in [0.4, 0.5) is 11.8 Å². The lowest BCUT2D eigenvalue weighted by Gasteiger charge is -2.30. The number of benzene rings is 1. The lowest BCUT2D eigenvalue weighted by molar-refractivity contribution is 0.425. The predicted molar refractivity (Wildman–Crippen MR) is 107 cm³/mol. The summed E-state index contributed by atoms with van der Waals surface area (Å²) in [6, 6.07) is 8.41. The number of hydrogen-bond acceptors (Lipinski definition) is 5. The van der Waals surface area contributed by atoms with E-state index >= 15 is 0 Å². The van der Waals surface area contributed by atoms with Crippen LogP contribution in [0, 0.1) is 0 Å². The van der Waals surface area contributed by atoms with E-state index < -0.39 is 0 Å². The molecule has 0 saturated heterocycles. The molecule has 0 unspecified atom stereocenters. The molecular weight excluding hydrogens is 346 g/mol. The molecule has 1 aliphatic heterocycles. The van der Waals surface area contributed by atoms with Crippen molar-refractivity contribution in [3.05, 3.63) is 46.1 Å². The van der Waals surface area contributed by atoms with Crippen molar-refractivity contribution >= 4 is 23.4 Å². The van der Waals surface area contributed by atoms with Crippen molar-refractivity contribution in [3.8, 4) is 0 Å². The summed E-state index contributed by atoms with van der Waals surface area (Å²) in [7, 11) is 4.15. The number of aromatic nitrogens is 2. The van der Waals surface area contributed by atoms with Crippen LogP contribution in [0.5, 0.6) is 0 Å². The van der Waals surface area contributed by atoms with Gasteiger partial charge in [0.2, 0.25) is 5.95 Å². The van der Waals surface area contributed by atoms with Gasteiger partial charge in [-0.25, -0.2) is 4.98 Å². The van der Waals surface area contributed by atoms with E-state index in [1.807, 2.05) is 6.07 Å². The molecule has 2 aromatic rings. The van der Waals surface area contributed by atoms with Gasteiger partial charge in [-0.3, -0.25) is 0 Å². The van der Waals surface area contributed by atoms with Crippen LogP contribution < -0.4 is 10.2 Å². The molecule has 0 radical (unpaired) electrons. The van der Waals surface area contributed by atoms with Crippen molar-refractivity contribution in [2.75, 3.05) is 43.9 Å². The molecule has 2 heterocycles. The smallest absolute Gasteiger partial charge is 0.224 e. The minimum atomic E-state index is 0.613. The summed E-state index contributed by atoms with van der Waals surface area (Å²) in [5.74, 6) is 2.41. The van der Waals surface area contributed by atoms with Gasteiger partial charge in [0.15, 0.2) is 0 Å². The Morgan fingerprint density at radius 3 is 2.81 bits per heavy atom. The Labute approximate surface area is 160 Å². The number of hydrogen-bond donors (Lipinski definition) is 1. The van der Waals surface area contributed by atoms with E-state index in [0.29, 0.717) is 5.92 Å². The second-order valence-corrected chi connectivity index (χ2v) is 8.00. The van der Waals surface area contributed by atoms with Gasteiger partial charge < -0.3 is 15.1 Å². The number of anilines is 2. The maximum Gasteiger partial charge on any atom is 0.224 e. The first-order valence-electron chi connectivity index (χ1n) is 9.38. The molecule has 1 aromatic carbocycles. The van der Waals surface area contributed by atoms with Gasteiger partial charge in [0.05, 0.1) is 5.69 Å². The van der Waals surface area contributed by atoms with Gasteiger partial charge in [0.25, 0.3) is 0 Å². The second-order valence-electron chi connectivity index (χ2n) is 7.56. The molecule has 6 heteroatoms. The fraction of sp³-hybridized carbons (Fsp3) is 0.500. The second kappa shape index (κ2) is 7.41. The molecule has 0 bridgehead atoms. The van der Waals surface area contributed by atoms with E-state index in [-0.39, 0.29) is 0 Å². The van der Waals surface area contributed by atoms with Crippen LogP contribution in [-0.2, 0) is 13.0 Å². The number of rotatable bonds is 6. The van der Waals surface area contributed by atoms with E-state index in [9.17, 15) is 0 Å². The Hall–Kier alpha value is -1.85. The minimum Gasteiger partial charge on any atom is -0.353 e. The van der Waals surface area contributed by atoms with Crippen LogP contribution in [0.3, 0.4) is 0 Å². The number of nitrogens with zero attached hydrogens (tertiary/aromatic N) is 4. The third-order valence-corrected chi connectivity index (χ3v) is 5.31. The van der Waals surface area contributed by atoms with E-state index in [1.165, 1.54) is 29.7 Å². The molecule has 1 N–H and O–H groups in total. The predicted octanol–water partition coefficient (Wildman–Crippen LogP) is 3.54. The summed E-state index contributed by atoms with van der Waals surface area (Å²) in [5.41, 5.74) is 3.88. The van der Waals surface area contributed by atoms with Gasteiger partial charge in [-0.05, 0) is 56.6 Å². The molecule has 1 aromatic heterocycles. The van der Waals surface area contributed by atoms with E-state index in [1.54, 1.807) is 0 Å². The van der Waals surface area contributed by atoms with Crippen LogP contribution in [0.2, 0.25) is 5.02 Å². The van der Waals surface area contributed by atoms with E-state index in [2.05, 4.69) is 47.4 Å². The van der Waals surface area contributed by atoms with Gasteiger partial charge in [0, 0.05) is 43.2 Å². The average Bonchev–Trinajstić information content (AvgIpc) is 3.46. The Kier molecular flexibility index (Phi) is 5.00. The molecule has 0 atom stereocenters. The standard InChI is InChI=1S/C20H26ClN5/c1-25(2)10-8-22-20-23-18(14-3-4-14)12-19(24-20)26-9-7-15-11-17(21)6-5-16(15)13-26/h5-6,11-12,14H,3-4,7-10,13H2,1-2H3,(H,22,23,24). The number of nitrogens with one attached hydrogen (secondary N) is 1. The van der Waals surface area contributed by atoms with Crippen molar-refractivity contribution in [2.45, 2.75) is 31.7 Å². The molecular formula is C20H26ClN5. The third-order valence-electron chi connectivity index (χ3n) is 5.07. The van der Waals surface area contributed by atoms with Gasteiger partial charge in [0.1, 0.15) is 5.82 Å². The van der Waals surface area contributed by atoms with E-state index in [0.717, 1.165) is 49.4 Å². The summed E-state index contributed by atoms with van der Waals surface area (Å²) in [5, 5.41) is 4.22. The Morgan fingerprint density at radius 1 is 1.19 bits per heavy atom. The van der Waals surface area contributed by atoms with Gasteiger partial charge >= 0.3 is 0 Å². The quantitative estimate of drug-likeness (QED) is 0.841. The molecule has 1 fully saturated rings. The average molecular weight is 372 g/mol. The molecule has 138 valence electrons. The third kappa shape index (κ3) is 4.10. The van der Waals surface area contributed by atoms with Gasteiger partial charge in [-0.1, -0.05) is 17.7 Å². The monoisotopic (exact) mass is 371 g/mol. The highest BCUT2D eigenvalue weighted by Gasteiger charge is 2.27. The van der Waals surface area contributed by atoms with Gasteiger partial charge in [-0.2, -0.15) is 4.98 Å². The largest absolute Gasteiger partial charge is 0.353 e. The zero-order valence-corrected chi connectivity index (χ0v) is 16.3. The first-order chi connectivity index (χ1) is 12.6. The molecule has 1 aliphatic carbocycles. The summed E-state index contributed by atoms with van der Waals surface area (Å²) in [4.78, 5) is 14.1. The molecule has 26 heavy (non-hydrogen) atoms. The molecule has 4 rings (SSSR count). The van der Waals surface area contributed by atoms with E-state index in [4.69, 9.17) is 21.6 Å². The Morgan fingerprint density at radius 2 is 2.04 bits per heavy atom. The SMILES string of the molecule is CN(C)CCNc1nc(C2CC2)cc(N2CCc3cc(Cl)ccc3C2)n1. The first kappa shape index (κ1) is 17.6. The van der Waals surface area contributed by atoms with Crippen LogP contribution >= 0.6 is 11.6 Å². The first-order valence-corrected chi connectivity index (χ1v) is 9.76.